The van der Waals surface area contributed by atoms with Crippen molar-refractivity contribution in [1.29, 1.82) is 5.41 Å². The number of thioether (sulfide) groups is 1. The van der Waals surface area contributed by atoms with E-state index >= 15 is 0 Å². The largest absolute Gasteiger partial charge is 0.457 e. The predicted octanol–water partition coefficient (Wildman–Crippen LogP) is 6.07. The van der Waals surface area contributed by atoms with Gasteiger partial charge in [-0.3, -0.25) is 10.2 Å². The van der Waals surface area contributed by atoms with Gasteiger partial charge in [-0.05, 0) is 73.0 Å². The number of nitrogens with one attached hydrogen (secondary N) is 1. The van der Waals surface area contributed by atoms with E-state index in [1.807, 2.05) is 0 Å². The lowest BCUT2D eigenvalue weighted by atomic mass is 9.86. The minimum atomic E-state index is -0.475. The molecule has 0 atom stereocenters. The number of nitrogens with zero attached hydrogens (tertiary/aromatic N) is 3. The fourth-order valence-electron chi connectivity index (χ4n) is 4.28. The van der Waals surface area contributed by atoms with Crippen LogP contribution in [0.5, 0.6) is 0 Å². The van der Waals surface area contributed by atoms with Crippen molar-refractivity contribution >= 4 is 39.8 Å². The highest BCUT2D eigenvalue weighted by Crippen LogP contribution is 2.33. The number of rotatable bonds is 5. The molecular formula is C24H23FN4O2S. The Balaban J connectivity index is 1.31. The Morgan fingerprint density at radius 3 is 2.72 bits per heavy atom. The molecule has 1 fully saturated rings. The van der Waals surface area contributed by atoms with Crippen molar-refractivity contribution < 1.29 is 13.6 Å². The van der Waals surface area contributed by atoms with E-state index in [9.17, 15) is 9.18 Å². The summed E-state index contributed by atoms with van der Waals surface area (Å²) in [6.45, 7) is 0. The molecule has 1 aliphatic carbocycles. The van der Waals surface area contributed by atoms with Crippen molar-refractivity contribution in [3.63, 3.8) is 0 Å². The number of fused-ring (bicyclic) bond motifs is 1. The van der Waals surface area contributed by atoms with Crippen LogP contribution in [0.3, 0.4) is 0 Å². The lowest BCUT2D eigenvalue weighted by molar-refractivity contribution is -0.114. The third-order valence-corrected chi connectivity index (χ3v) is 7.00. The Bertz CT molecular complexity index is 1140. The first-order valence-electron chi connectivity index (χ1n) is 10.9. The molecule has 164 valence electrons. The maximum atomic E-state index is 13.1. The number of hydrogen-bond donors (Lipinski definition) is 1. The summed E-state index contributed by atoms with van der Waals surface area (Å²) in [5.41, 5.74) is 0.858. The van der Waals surface area contributed by atoms with E-state index < -0.39 is 5.91 Å². The van der Waals surface area contributed by atoms with Gasteiger partial charge in [0.2, 0.25) is 5.17 Å². The number of hydrogen-bond acceptors (Lipinski definition) is 5. The van der Waals surface area contributed by atoms with Gasteiger partial charge in [0.15, 0.2) is 5.84 Å². The van der Waals surface area contributed by atoms with Crippen molar-refractivity contribution in [3.05, 3.63) is 53.5 Å². The maximum absolute atomic E-state index is 13.1. The van der Waals surface area contributed by atoms with Gasteiger partial charge in [0.25, 0.3) is 5.91 Å². The molecule has 1 aromatic carbocycles. The Hall–Kier alpha value is -3.00. The third kappa shape index (κ3) is 4.32. The van der Waals surface area contributed by atoms with E-state index in [0.29, 0.717) is 16.7 Å². The number of amidine groups is 2. The minimum Gasteiger partial charge on any atom is -0.457 e. The normalized spacial score (nSPS) is 20.5. The van der Waals surface area contributed by atoms with Crippen LogP contribution in [0.4, 0.5) is 4.39 Å². The molecule has 3 aliphatic rings. The molecule has 0 unspecified atom stereocenters. The molecule has 6 nitrogen and oxygen atoms in total. The highest BCUT2D eigenvalue weighted by Gasteiger charge is 2.35. The summed E-state index contributed by atoms with van der Waals surface area (Å²) in [6, 6.07) is 9.44. The molecule has 2 aromatic rings. The summed E-state index contributed by atoms with van der Waals surface area (Å²) in [5, 5.41) is 15.9. The van der Waals surface area contributed by atoms with E-state index in [2.05, 4.69) is 10.1 Å². The molecule has 5 rings (SSSR count). The average Bonchev–Trinajstić information content (AvgIpc) is 3.44. The van der Waals surface area contributed by atoms with Gasteiger partial charge in [-0.25, -0.2) is 4.39 Å². The highest BCUT2D eigenvalue weighted by atomic mass is 32.2. The molecular weight excluding hydrogens is 427 g/mol. The monoisotopic (exact) mass is 450 g/mol. The number of hydrazone groups is 1. The predicted molar refractivity (Wildman–Crippen MR) is 125 cm³/mol. The van der Waals surface area contributed by atoms with Crippen molar-refractivity contribution in [1.82, 2.24) is 5.01 Å². The average molecular weight is 451 g/mol. The van der Waals surface area contributed by atoms with Gasteiger partial charge >= 0.3 is 0 Å². The first kappa shape index (κ1) is 20.9. The topological polar surface area (TPSA) is 82.0 Å². The first-order valence-corrected chi connectivity index (χ1v) is 11.7. The first-order chi connectivity index (χ1) is 15.6. The molecule has 2 aliphatic heterocycles. The van der Waals surface area contributed by atoms with Crippen LogP contribution in [0.15, 0.2) is 56.5 Å². The lowest BCUT2D eigenvalue weighted by Gasteiger charge is -2.20. The lowest BCUT2D eigenvalue weighted by Crippen LogP contribution is -2.35. The SMILES string of the molecule is N=C1C(=Cc2ccc(-c3ccc(F)cc3)o2)C(=O)N=C2SC(CCC3CCCCC3)=NN12. The summed E-state index contributed by atoms with van der Waals surface area (Å²) < 4.78 is 18.9. The van der Waals surface area contributed by atoms with Gasteiger partial charge in [-0.15, -0.1) is 0 Å². The van der Waals surface area contributed by atoms with Crippen molar-refractivity contribution in [2.75, 3.05) is 0 Å². The van der Waals surface area contributed by atoms with Crippen molar-refractivity contribution in [3.8, 4) is 11.3 Å². The molecule has 1 saturated carbocycles. The molecule has 3 heterocycles. The summed E-state index contributed by atoms with van der Waals surface area (Å²) in [4.78, 5) is 16.8. The fourth-order valence-corrected chi connectivity index (χ4v) is 5.18. The smallest absolute Gasteiger partial charge is 0.283 e. The highest BCUT2D eigenvalue weighted by molar-refractivity contribution is 8.26. The zero-order valence-electron chi connectivity index (χ0n) is 17.5. The number of aliphatic imine (C=N–C) groups is 1. The number of amides is 1. The van der Waals surface area contributed by atoms with Crippen LogP contribution >= 0.6 is 11.8 Å². The van der Waals surface area contributed by atoms with Crippen LogP contribution in [0.2, 0.25) is 0 Å². The fraction of sp³-hybridized carbons (Fsp3) is 0.333. The molecule has 0 bridgehead atoms. The molecule has 0 spiro atoms. The second kappa shape index (κ2) is 8.86. The number of benzene rings is 1. The van der Waals surface area contributed by atoms with Crippen molar-refractivity contribution in [2.45, 2.75) is 44.9 Å². The van der Waals surface area contributed by atoms with E-state index in [0.717, 1.165) is 29.4 Å². The minimum absolute atomic E-state index is 0.0000939. The summed E-state index contributed by atoms with van der Waals surface area (Å²) in [6.07, 6.45) is 9.99. The van der Waals surface area contributed by atoms with Crippen molar-refractivity contribution in [2.24, 2.45) is 16.0 Å². The second-order valence-electron chi connectivity index (χ2n) is 8.27. The Kier molecular flexibility index (Phi) is 5.78. The standard InChI is InChI=1S/C24H23FN4O2S/c25-17-9-7-16(8-10-17)20-12-11-18(31-20)14-19-22(26)29-24(27-23(19)30)32-21(28-29)13-6-15-4-2-1-3-5-15/h7-12,14-15,26H,1-6,13H2. The quantitative estimate of drug-likeness (QED) is 0.561. The Morgan fingerprint density at radius 2 is 1.94 bits per heavy atom. The van der Waals surface area contributed by atoms with Gasteiger partial charge < -0.3 is 4.42 Å². The van der Waals surface area contributed by atoms with E-state index in [-0.39, 0.29) is 17.2 Å². The van der Waals surface area contributed by atoms with Crippen LogP contribution in [-0.4, -0.2) is 27.0 Å². The molecule has 8 heteroatoms. The molecule has 32 heavy (non-hydrogen) atoms. The number of halogens is 1. The van der Waals surface area contributed by atoms with Gasteiger partial charge in [0, 0.05) is 5.56 Å². The van der Waals surface area contributed by atoms with E-state index in [1.54, 1.807) is 24.3 Å². The van der Waals surface area contributed by atoms with Crippen LogP contribution in [0.1, 0.15) is 50.7 Å². The van der Waals surface area contributed by atoms with Crippen LogP contribution in [0.25, 0.3) is 17.4 Å². The second-order valence-corrected chi connectivity index (χ2v) is 9.31. The van der Waals surface area contributed by atoms with E-state index in [1.165, 1.54) is 67.1 Å². The molecule has 1 N–H and O–H groups in total. The number of furan rings is 1. The van der Waals surface area contributed by atoms with Gasteiger partial charge in [0.1, 0.15) is 22.4 Å². The van der Waals surface area contributed by atoms with Gasteiger partial charge in [-0.2, -0.15) is 15.1 Å². The summed E-state index contributed by atoms with van der Waals surface area (Å²) >= 11 is 1.38. The Morgan fingerprint density at radius 1 is 1.16 bits per heavy atom. The molecule has 1 amide bonds. The zero-order valence-corrected chi connectivity index (χ0v) is 18.3. The van der Waals surface area contributed by atoms with Gasteiger partial charge in [-0.1, -0.05) is 32.1 Å². The molecule has 0 radical (unpaired) electrons. The number of carbonyl (C=O) groups excluding carboxylic acids is 1. The summed E-state index contributed by atoms with van der Waals surface area (Å²) in [5.74, 6) is 0.925. The zero-order chi connectivity index (χ0) is 22.1. The number of carbonyl (C=O) groups is 1. The maximum Gasteiger partial charge on any atom is 0.283 e. The van der Waals surface area contributed by atoms with Crippen LogP contribution < -0.4 is 0 Å². The van der Waals surface area contributed by atoms with Crippen LogP contribution in [-0.2, 0) is 4.79 Å². The summed E-state index contributed by atoms with van der Waals surface area (Å²) in [7, 11) is 0. The van der Waals surface area contributed by atoms with Gasteiger partial charge in [0.05, 0.1) is 5.57 Å². The Labute approximate surface area is 189 Å². The third-order valence-electron chi connectivity index (χ3n) is 6.03. The van der Waals surface area contributed by atoms with Crippen LogP contribution in [0, 0.1) is 17.1 Å². The molecule has 1 aromatic heterocycles. The molecule has 0 saturated heterocycles. The van der Waals surface area contributed by atoms with E-state index in [4.69, 9.17) is 9.83 Å².